The lowest BCUT2D eigenvalue weighted by molar-refractivity contribution is -0.126. The Labute approximate surface area is 77.8 Å². The number of carbonyl (C=O) groups excluding carboxylic acids is 2. The summed E-state index contributed by atoms with van der Waals surface area (Å²) in [4.78, 5) is 21.9. The topological polar surface area (TPSA) is 43.4 Å². The Morgan fingerprint density at radius 2 is 2.23 bits per heavy atom. The number of methoxy groups -OCH3 is 1. The number of allylic oxidation sites excluding steroid dienone is 2. The lowest BCUT2D eigenvalue weighted by atomic mass is 9.75. The minimum Gasteiger partial charge on any atom is -0.500 e. The Morgan fingerprint density at radius 1 is 1.62 bits per heavy atom. The number of hydrogen-bond donors (Lipinski definition) is 0. The highest BCUT2D eigenvalue weighted by Crippen LogP contribution is 2.37. The van der Waals surface area contributed by atoms with Gasteiger partial charge in [-0.05, 0) is 6.42 Å². The van der Waals surface area contributed by atoms with Gasteiger partial charge in [0.05, 0.1) is 13.0 Å². The molecule has 3 heteroatoms. The van der Waals surface area contributed by atoms with Gasteiger partial charge in [0, 0.05) is 11.5 Å². The van der Waals surface area contributed by atoms with Gasteiger partial charge in [-0.15, -0.1) is 0 Å². The molecule has 0 aromatic carbocycles. The molecule has 72 valence electrons. The summed E-state index contributed by atoms with van der Waals surface area (Å²) in [6.45, 7) is 3.93. The van der Waals surface area contributed by atoms with Gasteiger partial charge in [-0.1, -0.05) is 13.8 Å². The number of hydrogen-bond acceptors (Lipinski definition) is 3. The van der Waals surface area contributed by atoms with Crippen molar-refractivity contribution in [3.63, 3.8) is 0 Å². The highest BCUT2D eigenvalue weighted by molar-refractivity contribution is 6.02. The number of aldehydes is 1. The van der Waals surface area contributed by atoms with Crippen LogP contribution in [0.15, 0.2) is 11.8 Å². The standard InChI is InChI=1S/C10H14O3/c1-10(2)5-7(6-11)8(12)4-9(10)13-3/h4,6-7H,5H2,1-3H3. The fraction of sp³-hybridized carbons (Fsp3) is 0.600. The normalized spacial score (nSPS) is 26.5. The van der Waals surface area contributed by atoms with E-state index < -0.39 is 5.92 Å². The molecule has 1 aliphatic carbocycles. The Balaban J connectivity index is 2.99. The molecule has 0 bridgehead atoms. The maximum absolute atomic E-state index is 11.3. The first-order chi connectivity index (χ1) is 6.01. The van der Waals surface area contributed by atoms with Crippen LogP contribution in [0.25, 0.3) is 0 Å². The Hall–Kier alpha value is -1.12. The van der Waals surface area contributed by atoms with Gasteiger partial charge < -0.3 is 9.53 Å². The second kappa shape index (κ2) is 3.32. The molecule has 0 saturated carbocycles. The quantitative estimate of drug-likeness (QED) is 0.478. The van der Waals surface area contributed by atoms with Gasteiger partial charge >= 0.3 is 0 Å². The van der Waals surface area contributed by atoms with Crippen LogP contribution < -0.4 is 0 Å². The fourth-order valence-electron chi connectivity index (χ4n) is 1.63. The average molecular weight is 182 g/mol. The molecule has 1 aliphatic rings. The van der Waals surface area contributed by atoms with Crippen molar-refractivity contribution in [1.29, 1.82) is 0 Å². The van der Waals surface area contributed by atoms with E-state index in [0.29, 0.717) is 18.5 Å². The largest absolute Gasteiger partial charge is 0.500 e. The number of carbonyl (C=O) groups is 2. The summed E-state index contributed by atoms with van der Waals surface area (Å²) < 4.78 is 5.09. The summed E-state index contributed by atoms with van der Waals surface area (Å²) in [5.74, 6) is 0.0238. The molecule has 0 spiro atoms. The Bertz CT molecular complexity index is 263. The first-order valence-corrected chi connectivity index (χ1v) is 4.26. The summed E-state index contributed by atoms with van der Waals surface area (Å²) in [6.07, 6.45) is 2.69. The zero-order valence-electron chi connectivity index (χ0n) is 8.16. The van der Waals surface area contributed by atoms with Crippen LogP contribution in [-0.2, 0) is 14.3 Å². The third-order valence-corrected chi connectivity index (χ3v) is 2.42. The molecule has 0 fully saturated rings. The van der Waals surface area contributed by atoms with Crippen molar-refractivity contribution < 1.29 is 14.3 Å². The minimum atomic E-state index is -0.492. The lowest BCUT2D eigenvalue weighted by Gasteiger charge is -2.32. The summed E-state index contributed by atoms with van der Waals surface area (Å²) >= 11 is 0. The molecule has 3 nitrogen and oxygen atoms in total. The highest BCUT2D eigenvalue weighted by atomic mass is 16.5. The van der Waals surface area contributed by atoms with Crippen molar-refractivity contribution in [3.8, 4) is 0 Å². The number of rotatable bonds is 2. The molecule has 13 heavy (non-hydrogen) atoms. The van der Waals surface area contributed by atoms with Gasteiger partial charge in [-0.25, -0.2) is 0 Å². The predicted molar refractivity (Wildman–Crippen MR) is 48.1 cm³/mol. The second-order valence-corrected chi connectivity index (χ2v) is 3.95. The monoisotopic (exact) mass is 182 g/mol. The van der Waals surface area contributed by atoms with Crippen LogP contribution >= 0.6 is 0 Å². The van der Waals surface area contributed by atoms with E-state index in [1.54, 1.807) is 7.11 Å². The molecule has 1 unspecified atom stereocenters. The van der Waals surface area contributed by atoms with Gasteiger partial charge in [0.1, 0.15) is 12.0 Å². The number of ketones is 1. The minimum absolute atomic E-state index is 0.147. The van der Waals surface area contributed by atoms with Crippen LogP contribution in [0.5, 0.6) is 0 Å². The van der Waals surface area contributed by atoms with Crippen molar-refractivity contribution >= 4 is 12.1 Å². The third kappa shape index (κ3) is 1.79. The molecule has 0 amide bonds. The molecular formula is C10H14O3. The van der Waals surface area contributed by atoms with Crippen molar-refractivity contribution in [2.75, 3.05) is 7.11 Å². The van der Waals surface area contributed by atoms with Crippen LogP contribution in [0.1, 0.15) is 20.3 Å². The molecular weight excluding hydrogens is 168 g/mol. The van der Waals surface area contributed by atoms with E-state index in [4.69, 9.17) is 4.74 Å². The maximum atomic E-state index is 11.3. The molecule has 1 atom stereocenters. The Kier molecular flexibility index (Phi) is 2.55. The summed E-state index contributed by atoms with van der Waals surface area (Å²) in [7, 11) is 1.54. The second-order valence-electron chi connectivity index (χ2n) is 3.95. The smallest absolute Gasteiger partial charge is 0.169 e. The van der Waals surface area contributed by atoms with Crippen molar-refractivity contribution in [2.24, 2.45) is 11.3 Å². The van der Waals surface area contributed by atoms with E-state index >= 15 is 0 Å². The summed E-state index contributed by atoms with van der Waals surface area (Å²) in [6, 6.07) is 0. The molecule has 0 aromatic rings. The molecule has 1 rings (SSSR count). The molecule has 0 heterocycles. The van der Waals surface area contributed by atoms with E-state index in [2.05, 4.69) is 0 Å². The van der Waals surface area contributed by atoms with Crippen molar-refractivity contribution in [2.45, 2.75) is 20.3 Å². The molecule has 0 radical (unpaired) electrons. The molecule has 0 saturated heterocycles. The summed E-state index contributed by atoms with van der Waals surface area (Å²) in [5, 5.41) is 0. The third-order valence-electron chi connectivity index (χ3n) is 2.42. The Morgan fingerprint density at radius 3 is 2.69 bits per heavy atom. The average Bonchev–Trinajstić information content (AvgIpc) is 2.08. The SMILES string of the molecule is COC1=CC(=O)C(C=O)CC1(C)C. The van der Waals surface area contributed by atoms with Crippen LogP contribution in [0.2, 0.25) is 0 Å². The number of ether oxygens (including phenoxy) is 1. The van der Waals surface area contributed by atoms with E-state index in [-0.39, 0.29) is 11.2 Å². The van der Waals surface area contributed by atoms with Gasteiger partial charge in [0.15, 0.2) is 5.78 Å². The van der Waals surface area contributed by atoms with Crippen molar-refractivity contribution in [3.05, 3.63) is 11.8 Å². The van der Waals surface area contributed by atoms with E-state index in [1.165, 1.54) is 6.08 Å². The molecule has 0 aromatic heterocycles. The zero-order valence-corrected chi connectivity index (χ0v) is 8.16. The predicted octanol–water partition coefficient (Wildman–Crippen LogP) is 1.33. The molecule has 0 N–H and O–H groups in total. The lowest BCUT2D eigenvalue weighted by Crippen LogP contribution is -2.31. The van der Waals surface area contributed by atoms with E-state index in [9.17, 15) is 9.59 Å². The molecule has 0 aliphatic heterocycles. The van der Waals surface area contributed by atoms with E-state index in [1.807, 2.05) is 13.8 Å². The van der Waals surface area contributed by atoms with Gasteiger partial charge in [0.25, 0.3) is 0 Å². The first-order valence-electron chi connectivity index (χ1n) is 4.26. The van der Waals surface area contributed by atoms with Gasteiger partial charge in [0.2, 0.25) is 0 Å². The first kappa shape index (κ1) is 9.96. The van der Waals surface area contributed by atoms with Crippen LogP contribution in [0, 0.1) is 11.3 Å². The fourth-order valence-corrected chi connectivity index (χ4v) is 1.63. The van der Waals surface area contributed by atoms with Crippen LogP contribution in [-0.4, -0.2) is 19.2 Å². The zero-order chi connectivity index (χ0) is 10.1. The van der Waals surface area contributed by atoms with Crippen molar-refractivity contribution in [1.82, 2.24) is 0 Å². The van der Waals surface area contributed by atoms with Gasteiger partial charge in [-0.2, -0.15) is 0 Å². The van der Waals surface area contributed by atoms with Crippen LogP contribution in [0.4, 0.5) is 0 Å². The van der Waals surface area contributed by atoms with Crippen LogP contribution in [0.3, 0.4) is 0 Å². The van der Waals surface area contributed by atoms with Gasteiger partial charge in [-0.3, -0.25) is 4.79 Å². The maximum Gasteiger partial charge on any atom is 0.169 e. The van der Waals surface area contributed by atoms with E-state index in [0.717, 1.165) is 0 Å². The summed E-state index contributed by atoms with van der Waals surface area (Å²) in [5.41, 5.74) is -0.214. The highest BCUT2D eigenvalue weighted by Gasteiger charge is 2.36.